The molecule has 2 fully saturated rings. The van der Waals surface area contributed by atoms with Gasteiger partial charge >= 0.3 is 6.18 Å². The number of nitrogens with zero attached hydrogens (tertiary/aromatic N) is 1. The lowest BCUT2D eigenvalue weighted by Crippen LogP contribution is -2.37. The van der Waals surface area contributed by atoms with Crippen LogP contribution in [-0.4, -0.2) is 41.9 Å². The monoisotopic (exact) mass is 316 g/mol. The molecule has 0 unspecified atom stereocenters. The van der Waals surface area contributed by atoms with Crippen LogP contribution in [0.1, 0.15) is 42.4 Å². The van der Waals surface area contributed by atoms with Crippen molar-refractivity contribution in [2.75, 3.05) is 19.6 Å². The topological polar surface area (TPSA) is 69.8 Å². The Balaban J connectivity index is 1.65. The summed E-state index contributed by atoms with van der Waals surface area (Å²) in [5.41, 5.74) is -1.55. The van der Waals surface area contributed by atoms with Crippen LogP contribution >= 0.6 is 0 Å². The highest BCUT2D eigenvalue weighted by Gasteiger charge is 2.81. The summed E-state index contributed by atoms with van der Waals surface area (Å²) >= 11 is 0. The molecule has 0 bridgehead atoms. The third kappa shape index (κ3) is 2.12. The van der Waals surface area contributed by atoms with Gasteiger partial charge in [-0.1, -0.05) is 13.8 Å². The SMILES string of the molecule is CC(C)c1cc(C(=O)NC[C@@]23CNC[C@]2(C(F)(F)F)C3)n[nH]1. The summed E-state index contributed by atoms with van der Waals surface area (Å²) in [6.07, 6.45) is -4.16. The maximum absolute atomic E-state index is 13.2. The van der Waals surface area contributed by atoms with Crippen molar-refractivity contribution in [1.29, 1.82) is 0 Å². The maximum Gasteiger partial charge on any atom is 0.396 e. The Morgan fingerprint density at radius 1 is 1.45 bits per heavy atom. The summed E-state index contributed by atoms with van der Waals surface area (Å²) in [6, 6.07) is 1.63. The third-order valence-corrected chi connectivity index (χ3v) is 5.00. The Bertz CT molecular complexity index is 597. The Morgan fingerprint density at radius 3 is 2.73 bits per heavy atom. The molecule has 1 aromatic rings. The number of carbonyl (C=O) groups is 1. The number of hydrogen-bond acceptors (Lipinski definition) is 3. The second-order valence-electron chi connectivity index (χ2n) is 6.69. The molecule has 0 radical (unpaired) electrons. The summed E-state index contributed by atoms with van der Waals surface area (Å²) in [7, 11) is 0. The van der Waals surface area contributed by atoms with E-state index in [0.29, 0.717) is 0 Å². The normalized spacial score (nSPS) is 30.5. The van der Waals surface area contributed by atoms with Crippen LogP contribution in [0.4, 0.5) is 13.2 Å². The van der Waals surface area contributed by atoms with Gasteiger partial charge in [0, 0.05) is 30.7 Å². The minimum Gasteiger partial charge on any atom is -0.350 e. The number of hydrogen-bond donors (Lipinski definition) is 3. The summed E-state index contributed by atoms with van der Waals surface area (Å²) in [4.78, 5) is 12.1. The largest absolute Gasteiger partial charge is 0.396 e. The molecule has 1 saturated carbocycles. The molecule has 2 atom stereocenters. The zero-order chi connectivity index (χ0) is 16.2. The molecule has 1 saturated heterocycles. The van der Waals surface area contributed by atoms with Gasteiger partial charge in [-0.15, -0.1) is 0 Å². The van der Waals surface area contributed by atoms with Crippen molar-refractivity contribution >= 4 is 5.91 Å². The molecule has 122 valence electrons. The number of nitrogens with one attached hydrogen (secondary N) is 3. The number of H-pyrrole nitrogens is 1. The lowest BCUT2D eigenvalue weighted by molar-refractivity contribution is -0.190. The lowest BCUT2D eigenvalue weighted by atomic mass is 9.95. The molecule has 2 aliphatic rings. The quantitative estimate of drug-likeness (QED) is 0.793. The van der Waals surface area contributed by atoms with Gasteiger partial charge in [-0.05, 0) is 18.4 Å². The van der Waals surface area contributed by atoms with Crippen LogP contribution in [0.25, 0.3) is 0 Å². The van der Waals surface area contributed by atoms with Gasteiger partial charge in [0.05, 0.1) is 5.41 Å². The maximum atomic E-state index is 13.2. The van der Waals surface area contributed by atoms with Gasteiger partial charge in [-0.25, -0.2) is 0 Å². The van der Waals surface area contributed by atoms with Gasteiger partial charge < -0.3 is 10.6 Å². The van der Waals surface area contributed by atoms with Crippen LogP contribution in [-0.2, 0) is 0 Å². The molecular weight excluding hydrogens is 297 g/mol. The highest BCUT2D eigenvalue weighted by atomic mass is 19.4. The molecule has 2 heterocycles. The fourth-order valence-electron chi connectivity index (χ4n) is 3.41. The van der Waals surface area contributed by atoms with Crippen LogP contribution in [0.5, 0.6) is 0 Å². The third-order valence-electron chi connectivity index (χ3n) is 5.00. The standard InChI is InChI=1S/C14H19F3N4O/c1-8(2)9-3-10(21-20-9)11(22)19-6-12-4-13(12,7-18-5-12)14(15,16)17/h3,8,18H,4-7H2,1-2H3,(H,19,22)(H,20,21)/t12-,13-/m1/s1. The number of amides is 1. The van der Waals surface area contributed by atoms with Crippen molar-refractivity contribution in [3.05, 3.63) is 17.5 Å². The zero-order valence-electron chi connectivity index (χ0n) is 12.5. The van der Waals surface area contributed by atoms with E-state index in [4.69, 9.17) is 0 Å². The minimum absolute atomic E-state index is 0.0161. The highest BCUT2D eigenvalue weighted by Crippen LogP contribution is 2.72. The number of fused-ring (bicyclic) bond motifs is 1. The lowest BCUT2D eigenvalue weighted by Gasteiger charge is -2.20. The van der Waals surface area contributed by atoms with Gasteiger partial charge in [-0.2, -0.15) is 18.3 Å². The van der Waals surface area contributed by atoms with E-state index >= 15 is 0 Å². The van der Waals surface area contributed by atoms with Crippen molar-refractivity contribution in [3.8, 4) is 0 Å². The molecule has 1 amide bonds. The first kappa shape index (κ1) is 15.3. The Kier molecular flexibility index (Phi) is 3.28. The van der Waals surface area contributed by atoms with Gasteiger partial charge in [0.1, 0.15) is 5.69 Å². The molecule has 1 aliphatic carbocycles. The van der Waals surface area contributed by atoms with Crippen LogP contribution in [0.15, 0.2) is 6.07 Å². The average Bonchev–Trinajstić information content (AvgIpc) is 2.82. The Morgan fingerprint density at radius 2 is 2.18 bits per heavy atom. The van der Waals surface area contributed by atoms with E-state index in [-0.39, 0.29) is 37.7 Å². The zero-order valence-corrected chi connectivity index (χ0v) is 12.5. The van der Waals surface area contributed by atoms with Gasteiger partial charge in [0.25, 0.3) is 5.91 Å². The molecule has 1 aromatic heterocycles. The van der Waals surface area contributed by atoms with Crippen molar-refractivity contribution in [2.24, 2.45) is 10.8 Å². The van der Waals surface area contributed by atoms with Gasteiger partial charge in [0.15, 0.2) is 0 Å². The number of carbonyl (C=O) groups excluding carboxylic acids is 1. The van der Waals surface area contributed by atoms with Gasteiger partial charge in [0.2, 0.25) is 0 Å². The van der Waals surface area contributed by atoms with Crippen molar-refractivity contribution in [3.63, 3.8) is 0 Å². The molecule has 3 rings (SSSR count). The van der Waals surface area contributed by atoms with E-state index in [0.717, 1.165) is 5.69 Å². The van der Waals surface area contributed by atoms with Crippen LogP contribution in [0, 0.1) is 10.8 Å². The number of piperidine rings is 1. The molecular formula is C14H19F3N4O. The molecule has 3 N–H and O–H groups in total. The summed E-state index contributed by atoms with van der Waals surface area (Å²) in [5.74, 6) is -0.236. The van der Waals surface area contributed by atoms with E-state index in [9.17, 15) is 18.0 Å². The molecule has 5 nitrogen and oxygen atoms in total. The number of rotatable bonds is 4. The second kappa shape index (κ2) is 4.71. The van der Waals surface area contributed by atoms with Crippen molar-refractivity contribution in [2.45, 2.75) is 32.4 Å². The second-order valence-corrected chi connectivity index (χ2v) is 6.69. The first-order valence-electron chi connectivity index (χ1n) is 7.32. The first-order chi connectivity index (χ1) is 10.2. The molecule has 1 aliphatic heterocycles. The van der Waals surface area contributed by atoms with Gasteiger partial charge in [-0.3, -0.25) is 9.89 Å². The number of alkyl halides is 3. The smallest absolute Gasteiger partial charge is 0.350 e. The summed E-state index contributed by atoms with van der Waals surface area (Å²) in [5, 5.41) is 12.1. The average molecular weight is 316 g/mol. The van der Waals surface area contributed by atoms with E-state index in [2.05, 4.69) is 20.8 Å². The molecule has 22 heavy (non-hydrogen) atoms. The fraction of sp³-hybridized carbons (Fsp3) is 0.714. The molecule has 0 spiro atoms. The first-order valence-corrected chi connectivity index (χ1v) is 7.32. The van der Waals surface area contributed by atoms with E-state index in [1.54, 1.807) is 6.07 Å². The number of aromatic amines is 1. The van der Waals surface area contributed by atoms with Crippen LogP contribution in [0.3, 0.4) is 0 Å². The van der Waals surface area contributed by atoms with Crippen molar-refractivity contribution in [1.82, 2.24) is 20.8 Å². The summed E-state index contributed by atoms with van der Waals surface area (Å²) < 4.78 is 39.6. The Labute approximate surface area is 126 Å². The summed E-state index contributed by atoms with van der Waals surface area (Å²) in [6.45, 7) is 4.15. The predicted molar refractivity (Wildman–Crippen MR) is 73.4 cm³/mol. The fourth-order valence-corrected chi connectivity index (χ4v) is 3.41. The number of halogens is 3. The van der Waals surface area contributed by atoms with E-state index < -0.39 is 22.9 Å². The van der Waals surface area contributed by atoms with Crippen LogP contribution < -0.4 is 10.6 Å². The highest BCUT2D eigenvalue weighted by molar-refractivity contribution is 5.92. The Hall–Kier alpha value is -1.57. The molecule has 8 heteroatoms. The predicted octanol–water partition coefficient (Wildman–Crippen LogP) is 1.80. The van der Waals surface area contributed by atoms with Crippen LogP contribution in [0.2, 0.25) is 0 Å². The molecule has 0 aromatic carbocycles. The van der Waals surface area contributed by atoms with E-state index in [1.165, 1.54) is 0 Å². The van der Waals surface area contributed by atoms with E-state index in [1.807, 2.05) is 13.8 Å². The van der Waals surface area contributed by atoms with Crippen molar-refractivity contribution < 1.29 is 18.0 Å². The minimum atomic E-state index is -4.24. The number of aromatic nitrogens is 2.